The summed E-state index contributed by atoms with van der Waals surface area (Å²) in [5.41, 5.74) is 0.249. The van der Waals surface area contributed by atoms with Crippen LogP contribution in [0.5, 0.6) is 0 Å². The minimum atomic E-state index is -0.979. The van der Waals surface area contributed by atoms with E-state index in [1.165, 1.54) is 6.07 Å². The molecule has 0 N–H and O–H groups in total. The van der Waals surface area contributed by atoms with Crippen LogP contribution in [0.25, 0.3) is 10.8 Å². The fraction of sp³-hybridized carbons (Fsp3) is 0.280. The van der Waals surface area contributed by atoms with Gasteiger partial charge in [-0.3, -0.25) is 0 Å². The Hall–Kier alpha value is -2.92. The van der Waals surface area contributed by atoms with Crippen molar-refractivity contribution in [1.82, 2.24) is 0 Å². The smallest absolute Gasteiger partial charge is 0.184 e. The summed E-state index contributed by atoms with van der Waals surface area (Å²) in [6, 6.07) is 9.08. The molecule has 1 heterocycles. The highest BCUT2D eigenvalue weighted by molar-refractivity contribution is 5.84. The quantitative estimate of drug-likeness (QED) is 0.393. The van der Waals surface area contributed by atoms with Crippen molar-refractivity contribution in [1.29, 1.82) is 0 Å². The van der Waals surface area contributed by atoms with Gasteiger partial charge in [0.15, 0.2) is 17.9 Å². The van der Waals surface area contributed by atoms with Crippen LogP contribution in [0.3, 0.4) is 0 Å². The molecule has 0 saturated carbocycles. The highest BCUT2D eigenvalue weighted by atomic mass is 19.2. The first-order chi connectivity index (χ1) is 15.4. The van der Waals surface area contributed by atoms with Crippen molar-refractivity contribution in [2.45, 2.75) is 12.7 Å². The lowest BCUT2D eigenvalue weighted by Gasteiger charge is -2.29. The van der Waals surface area contributed by atoms with Gasteiger partial charge in [0.05, 0.1) is 18.8 Å². The largest absolute Gasteiger partial charge is 0.385 e. The molecular formula is C25H20F4O3. The van der Waals surface area contributed by atoms with E-state index >= 15 is 0 Å². The molecule has 3 aromatic carbocycles. The summed E-state index contributed by atoms with van der Waals surface area (Å²) in [6.45, 7) is 1.40. The van der Waals surface area contributed by atoms with Crippen LogP contribution in [0.1, 0.15) is 29.4 Å². The van der Waals surface area contributed by atoms with Gasteiger partial charge in [0.25, 0.3) is 0 Å². The molecule has 0 unspecified atom stereocenters. The topological polar surface area (TPSA) is 27.7 Å². The van der Waals surface area contributed by atoms with Crippen molar-refractivity contribution in [2.24, 2.45) is 5.92 Å². The average Bonchev–Trinajstić information content (AvgIpc) is 2.78. The standard InChI is InChI=1S/C25H20F4O3/c1-30-7-6-16-13-31-25(32-14-16)19-11-21(26)20(22(27)12-19)5-3-15-2-4-17-9-23(28)24(29)10-18(17)8-15/h2,4,8-12,16,25H,6-7,13-14H2,1H3. The molecule has 0 bridgehead atoms. The number of hydrogen-bond acceptors (Lipinski definition) is 3. The van der Waals surface area contributed by atoms with E-state index in [1.54, 1.807) is 19.2 Å². The Morgan fingerprint density at radius 3 is 2.16 bits per heavy atom. The summed E-state index contributed by atoms with van der Waals surface area (Å²) in [5.74, 6) is 1.72. The zero-order valence-electron chi connectivity index (χ0n) is 17.3. The molecule has 0 aromatic heterocycles. The molecular weight excluding hydrogens is 424 g/mol. The Kier molecular flexibility index (Phi) is 6.75. The van der Waals surface area contributed by atoms with Gasteiger partial charge in [-0.15, -0.1) is 0 Å². The van der Waals surface area contributed by atoms with Gasteiger partial charge in [0.1, 0.15) is 11.6 Å². The van der Waals surface area contributed by atoms with Crippen LogP contribution < -0.4 is 0 Å². The third-order valence-electron chi connectivity index (χ3n) is 5.24. The number of rotatable bonds is 4. The molecule has 1 aliphatic heterocycles. The summed E-state index contributed by atoms with van der Waals surface area (Å²) >= 11 is 0. The number of benzene rings is 3. The molecule has 1 saturated heterocycles. The molecule has 0 amide bonds. The molecule has 7 heteroatoms. The maximum atomic E-state index is 14.6. The van der Waals surface area contributed by atoms with E-state index in [4.69, 9.17) is 14.2 Å². The number of halogens is 4. The van der Waals surface area contributed by atoms with Crippen molar-refractivity contribution in [3.63, 3.8) is 0 Å². The van der Waals surface area contributed by atoms with Gasteiger partial charge >= 0.3 is 0 Å². The second-order valence-corrected chi connectivity index (χ2v) is 7.58. The van der Waals surface area contributed by atoms with Crippen LogP contribution in [0, 0.1) is 41.0 Å². The van der Waals surface area contributed by atoms with Crippen LogP contribution in [0.2, 0.25) is 0 Å². The minimum absolute atomic E-state index is 0.165. The van der Waals surface area contributed by atoms with Crippen LogP contribution in [0.15, 0.2) is 42.5 Å². The molecule has 0 aliphatic carbocycles. The second-order valence-electron chi connectivity index (χ2n) is 7.58. The predicted molar refractivity (Wildman–Crippen MR) is 111 cm³/mol. The summed E-state index contributed by atoms with van der Waals surface area (Å²) in [7, 11) is 1.62. The van der Waals surface area contributed by atoms with Crippen molar-refractivity contribution in [2.75, 3.05) is 26.9 Å². The van der Waals surface area contributed by atoms with E-state index in [0.29, 0.717) is 36.2 Å². The molecule has 0 spiro atoms. The normalized spacial score (nSPS) is 18.4. The van der Waals surface area contributed by atoms with Gasteiger partial charge in [-0.05, 0) is 53.6 Å². The summed E-state index contributed by atoms with van der Waals surface area (Å²) in [6.07, 6.45) is -0.0767. The SMILES string of the molecule is COCCC1COC(c2cc(F)c(C#Cc3ccc4cc(F)c(F)cc4c3)c(F)c2)OC1. The molecule has 0 atom stereocenters. The molecule has 3 nitrogen and oxygen atoms in total. The van der Waals surface area contributed by atoms with E-state index in [2.05, 4.69) is 11.8 Å². The van der Waals surface area contributed by atoms with Crippen LogP contribution in [-0.2, 0) is 14.2 Å². The van der Waals surface area contributed by atoms with Crippen molar-refractivity contribution in [3.05, 3.63) is 82.4 Å². The lowest BCUT2D eigenvalue weighted by Crippen LogP contribution is -2.28. The van der Waals surface area contributed by atoms with E-state index in [1.807, 2.05) is 0 Å². The molecule has 4 rings (SSSR count). The molecule has 0 radical (unpaired) electrons. The monoisotopic (exact) mass is 444 g/mol. The van der Waals surface area contributed by atoms with Crippen molar-refractivity contribution < 1.29 is 31.8 Å². The van der Waals surface area contributed by atoms with Gasteiger partial charge in [-0.1, -0.05) is 17.9 Å². The molecule has 3 aromatic rings. The fourth-order valence-electron chi connectivity index (χ4n) is 3.49. The lowest BCUT2D eigenvalue weighted by atomic mass is 10.0. The van der Waals surface area contributed by atoms with Gasteiger partial charge in [0, 0.05) is 30.8 Å². The Balaban J connectivity index is 1.52. The highest BCUT2D eigenvalue weighted by Gasteiger charge is 2.25. The minimum Gasteiger partial charge on any atom is -0.385 e. The van der Waals surface area contributed by atoms with E-state index < -0.39 is 35.1 Å². The Labute approximate surface area is 182 Å². The number of hydrogen-bond donors (Lipinski definition) is 0. The zero-order valence-corrected chi connectivity index (χ0v) is 17.3. The maximum absolute atomic E-state index is 14.6. The third kappa shape index (κ3) is 4.94. The maximum Gasteiger partial charge on any atom is 0.184 e. The Morgan fingerprint density at radius 1 is 0.844 bits per heavy atom. The van der Waals surface area contributed by atoms with Crippen LogP contribution >= 0.6 is 0 Å². The first-order valence-corrected chi connectivity index (χ1v) is 10.1. The van der Waals surface area contributed by atoms with Crippen molar-refractivity contribution >= 4 is 10.8 Å². The Morgan fingerprint density at radius 2 is 1.50 bits per heavy atom. The fourth-order valence-corrected chi connectivity index (χ4v) is 3.49. The van der Waals surface area contributed by atoms with Crippen LogP contribution in [-0.4, -0.2) is 26.9 Å². The zero-order chi connectivity index (χ0) is 22.7. The number of fused-ring (bicyclic) bond motifs is 1. The lowest BCUT2D eigenvalue weighted by molar-refractivity contribution is -0.207. The van der Waals surface area contributed by atoms with Gasteiger partial charge in [-0.25, -0.2) is 17.6 Å². The second kappa shape index (κ2) is 9.70. The van der Waals surface area contributed by atoms with Gasteiger partial charge < -0.3 is 14.2 Å². The number of methoxy groups -OCH3 is 1. The van der Waals surface area contributed by atoms with Gasteiger partial charge in [0.2, 0.25) is 0 Å². The summed E-state index contributed by atoms with van der Waals surface area (Å²) in [4.78, 5) is 0. The first kappa shape index (κ1) is 22.3. The molecule has 166 valence electrons. The molecule has 1 fully saturated rings. The predicted octanol–water partition coefficient (Wildman–Crippen LogP) is 5.49. The van der Waals surface area contributed by atoms with E-state index in [0.717, 1.165) is 30.7 Å². The van der Waals surface area contributed by atoms with Gasteiger partial charge in [-0.2, -0.15) is 0 Å². The van der Waals surface area contributed by atoms with E-state index in [9.17, 15) is 17.6 Å². The first-order valence-electron chi connectivity index (χ1n) is 10.1. The average molecular weight is 444 g/mol. The van der Waals surface area contributed by atoms with Crippen molar-refractivity contribution in [3.8, 4) is 11.8 Å². The molecule has 32 heavy (non-hydrogen) atoms. The number of ether oxygens (including phenoxy) is 3. The van der Waals surface area contributed by atoms with Crippen LogP contribution in [0.4, 0.5) is 17.6 Å². The summed E-state index contributed by atoms with van der Waals surface area (Å²) < 4.78 is 72.3. The summed E-state index contributed by atoms with van der Waals surface area (Å²) in [5, 5.41) is 0.926. The third-order valence-corrected chi connectivity index (χ3v) is 5.24. The highest BCUT2D eigenvalue weighted by Crippen LogP contribution is 2.28. The van der Waals surface area contributed by atoms with E-state index in [-0.39, 0.29) is 11.5 Å². The molecule has 1 aliphatic rings. The Bertz CT molecular complexity index is 1170.